The number of carbonyl (C=O) groups excluding carboxylic acids is 2. The zero-order chi connectivity index (χ0) is 21.1. The highest BCUT2D eigenvalue weighted by Gasteiger charge is 2.44. The van der Waals surface area contributed by atoms with Crippen molar-refractivity contribution in [3.63, 3.8) is 0 Å². The van der Waals surface area contributed by atoms with Crippen molar-refractivity contribution in [3.8, 4) is 0 Å². The van der Waals surface area contributed by atoms with Crippen molar-refractivity contribution in [3.05, 3.63) is 83.4 Å². The molecule has 0 aromatic heterocycles. The summed E-state index contributed by atoms with van der Waals surface area (Å²) >= 11 is 0. The summed E-state index contributed by atoms with van der Waals surface area (Å²) in [6.07, 6.45) is -0.310. The van der Waals surface area contributed by atoms with Crippen molar-refractivity contribution >= 4 is 23.6 Å². The topological polar surface area (TPSA) is 52.6 Å². The normalized spacial score (nSPS) is 19.6. The van der Waals surface area contributed by atoms with Gasteiger partial charge in [0.05, 0.1) is 12.7 Å². The molecule has 1 aliphatic rings. The third-order valence-corrected chi connectivity index (χ3v) is 4.49. The minimum atomic E-state index is -4.47. The fourth-order valence-electron chi connectivity index (χ4n) is 3.02. The quantitative estimate of drug-likeness (QED) is 0.698. The molecule has 2 aromatic carbocycles. The Bertz CT molecular complexity index is 960. The molecular formula is C22H17F3O4. The van der Waals surface area contributed by atoms with Crippen molar-refractivity contribution in [2.24, 2.45) is 0 Å². The SMILES string of the molecule is COC(=O)[C@@]1(/C=C/c2ccccc2)CC(c2ccc(C(F)(F)F)cc2)=CC(=O)O1. The Kier molecular flexibility index (Phi) is 5.59. The molecule has 0 bridgehead atoms. The summed E-state index contributed by atoms with van der Waals surface area (Å²) in [5.74, 6) is -1.56. The van der Waals surface area contributed by atoms with E-state index in [-0.39, 0.29) is 6.42 Å². The van der Waals surface area contributed by atoms with Crippen molar-refractivity contribution in [2.45, 2.75) is 18.2 Å². The predicted molar refractivity (Wildman–Crippen MR) is 100 cm³/mol. The molecule has 0 saturated carbocycles. The molecule has 0 spiro atoms. The molecule has 3 rings (SSSR count). The van der Waals surface area contributed by atoms with Crippen LogP contribution in [0.1, 0.15) is 23.1 Å². The standard InChI is InChI=1S/C22H17F3O4/c1-28-20(27)21(12-11-15-5-3-2-4-6-15)14-17(13-19(26)29-21)16-7-9-18(10-8-16)22(23,24)25/h2-13H,14H2,1H3/b12-11+/t21-/m1/s1. The lowest BCUT2D eigenvalue weighted by atomic mass is 9.87. The molecule has 0 amide bonds. The molecule has 150 valence electrons. The van der Waals surface area contributed by atoms with Crippen LogP contribution in [0.2, 0.25) is 0 Å². The highest BCUT2D eigenvalue weighted by molar-refractivity contribution is 5.99. The number of esters is 2. The number of benzene rings is 2. The lowest BCUT2D eigenvalue weighted by Gasteiger charge is -2.31. The molecule has 29 heavy (non-hydrogen) atoms. The Balaban J connectivity index is 1.96. The van der Waals surface area contributed by atoms with Crippen LogP contribution in [-0.4, -0.2) is 24.6 Å². The number of halogens is 3. The monoisotopic (exact) mass is 402 g/mol. The highest BCUT2D eigenvalue weighted by atomic mass is 19.4. The first-order chi connectivity index (χ1) is 13.7. The number of carbonyl (C=O) groups is 2. The van der Waals surface area contributed by atoms with E-state index in [4.69, 9.17) is 9.47 Å². The predicted octanol–water partition coefficient (Wildman–Crippen LogP) is 4.66. The fraction of sp³-hybridized carbons (Fsp3) is 0.182. The largest absolute Gasteiger partial charge is 0.466 e. The third-order valence-electron chi connectivity index (χ3n) is 4.49. The van der Waals surface area contributed by atoms with E-state index in [1.165, 1.54) is 31.4 Å². The van der Waals surface area contributed by atoms with Gasteiger partial charge in [-0.25, -0.2) is 9.59 Å². The van der Waals surface area contributed by atoms with Crippen molar-refractivity contribution in [1.82, 2.24) is 0 Å². The van der Waals surface area contributed by atoms with Crippen LogP contribution >= 0.6 is 0 Å². The van der Waals surface area contributed by atoms with Gasteiger partial charge >= 0.3 is 18.1 Å². The summed E-state index contributed by atoms with van der Waals surface area (Å²) in [5, 5.41) is 0. The van der Waals surface area contributed by atoms with Crippen molar-refractivity contribution in [1.29, 1.82) is 0 Å². The molecule has 0 N–H and O–H groups in total. The van der Waals surface area contributed by atoms with Gasteiger partial charge in [-0.1, -0.05) is 48.5 Å². The summed E-state index contributed by atoms with van der Waals surface area (Å²) in [7, 11) is 1.17. The third kappa shape index (κ3) is 4.56. The highest BCUT2D eigenvalue weighted by Crippen LogP contribution is 2.36. The Morgan fingerprint density at radius 3 is 2.34 bits per heavy atom. The molecule has 7 heteroatoms. The number of hydrogen-bond acceptors (Lipinski definition) is 4. The Morgan fingerprint density at radius 1 is 1.10 bits per heavy atom. The zero-order valence-electron chi connectivity index (χ0n) is 15.4. The lowest BCUT2D eigenvalue weighted by Crippen LogP contribution is -2.44. The van der Waals surface area contributed by atoms with Gasteiger partial charge in [0.25, 0.3) is 0 Å². The maximum atomic E-state index is 12.8. The first-order valence-corrected chi connectivity index (χ1v) is 8.67. The van der Waals surface area contributed by atoms with Crippen molar-refractivity contribution < 1.29 is 32.2 Å². The Labute approximate surface area is 165 Å². The van der Waals surface area contributed by atoms with Crippen LogP contribution in [0, 0.1) is 0 Å². The molecule has 1 heterocycles. The minimum Gasteiger partial charge on any atom is -0.466 e. The smallest absolute Gasteiger partial charge is 0.416 e. The van der Waals surface area contributed by atoms with Gasteiger partial charge in [-0.05, 0) is 34.9 Å². The molecule has 0 saturated heterocycles. The van der Waals surface area contributed by atoms with Crippen LogP contribution in [-0.2, 0) is 25.2 Å². The van der Waals surface area contributed by atoms with E-state index in [9.17, 15) is 22.8 Å². The van der Waals surface area contributed by atoms with E-state index >= 15 is 0 Å². The lowest BCUT2D eigenvalue weighted by molar-refractivity contribution is -0.172. The fourth-order valence-corrected chi connectivity index (χ4v) is 3.02. The van der Waals surface area contributed by atoms with E-state index in [0.29, 0.717) is 11.1 Å². The molecule has 1 aliphatic heterocycles. The number of rotatable bonds is 4. The molecule has 0 aliphatic carbocycles. The average molecular weight is 402 g/mol. The summed E-state index contributed by atoms with van der Waals surface area (Å²) in [4.78, 5) is 24.7. The molecule has 1 atom stereocenters. The van der Waals surface area contributed by atoms with Crippen molar-refractivity contribution in [2.75, 3.05) is 7.11 Å². The van der Waals surface area contributed by atoms with Gasteiger partial charge in [0, 0.05) is 12.5 Å². The van der Waals surface area contributed by atoms with E-state index in [1.807, 2.05) is 18.2 Å². The van der Waals surface area contributed by atoms with Gasteiger partial charge in [-0.2, -0.15) is 13.2 Å². The van der Waals surface area contributed by atoms with Crippen LogP contribution in [0.15, 0.2) is 66.7 Å². The Morgan fingerprint density at radius 2 is 1.76 bits per heavy atom. The van der Waals surface area contributed by atoms with E-state index in [2.05, 4.69) is 0 Å². The second kappa shape index (κ2) is 7.95. The molecular weight excluding hydrogens is 385 g/mol. The van der Waals surface area contributed by atoms with Crippen LogP contribution < -0.4 is 0 Å². The number of alkyl halides is 3. The van der Waals surface area contributed by atoms with Crippen LogP contribution in [0.25, 0.3) is 11.6 Å². The van der Waals surface area contributed by atoms with Crippen LogP contribution in [0.5, 0.6) is 0 Å². The van der Waals surface area contributed by atoms with E-state index < -0.39 is 29.3 Å². The average Bonchev–Trinajstić information content (AvgIpc) is 2.71. The molecule has 4 nitrogen and oxygen atoms in total. The van der Waals surface area contributed by atoms with E-state index in [0.717, 1.165) is 17.7 Å². The maximum absolute atomic E-state index is 12.8. The molecule has 2 aromatic rings. The number of cyclic esters (lactones) is 1. The van der Waals surface area contributed by atoms with Crippen LogP contribution in [0.4, 0.5) is 13.2 Å². The van der Waals surface area contributed by atoms with Gasteiger partial charge in [-0.15, -0.1) is 0 Å². The number of hydrogen-bond donors (Lipinski definition) is 0. The Hall–Kier alpha value is -3.35. The number of methoxy groups -OCH3 is 1. The zero-order valence-corrected chi connectivity index (χ0v) is 15.4. The van der Waals surface area contributed by atoms with Gasteiger partial charge in [-0.3, -0.25) is 0 Å². The summed E-state index contributed by atoms with van der Waals surface area (Å²) < 4.78 is 48.6. The van der Waals surface area contributed by atoms with Crippen LogP contribution in [0.3, 0.4) is 0 Å². The van der Waals surface area contributed by atoms with Gasteiger partial charge in [0.15, 0.2) is 0 Å². The molecule has 0 unspecified atom stereocenters. The first-order valence-electron chi connectivity index (χ1n) is 8.67. The molecule has 0 fully saturated rings. The second-order valence-corrected chi connectivity index (χ2v) is 6.47. The maximum Gasteiger partial charge on any atom is 0.416 e. The second-order valence-electron chi connectivity index (χ2n) is 6.47. The summed E-state index contributed by atoms with van der Waals surface area (Å²) in [6, 6.07) is 13.4. The van der Waals surface area contributed by atoms with Gasteiger partial charge in [0.1, 0.15) is 0 Å². The first kappa shape index (κ1) is 20.4. The number of ether oxygens (including phenoxy) is 2. The summed E-state index contributed by atoms with van der Waals surface area (Å²) in [5.41, 5.74) is -0.982. The summed E-state index contributed by atoms with van der Waals surface area (Å²) in [6.45, 7) is 0. The van der Waals surface area contributed by atoms with Gasteiger partial charge in [0.2, 0.25) is 5.60 Å². The van der Waals surface area contributed by atoms with Gasteiger partial charge < -0.3 is 9.47 Å². The minimum absolute atomic E-state index is 0.0693. The van der Waals surface area contributed by atoms with E-state index in [1.54, 1.807) is 18.2 Å². The molecule has 0 radical (unpaired) electrons.